The Morgan fingerprint density at radius 3 is 2.75 bits per heavy atom. The molecule has 0 aliphatic rings. The Kier molecular flexibility index (Phi) is 4.86. The molecule has 0 saturated carbocycles. The summed E-state index contributed by atoms with van der Waals surface area (Å²) in [6.45, 7) is 1.89. The van der Waals surface area contributed by atoms with E-state index in [2.05, 4.69) is 5.32 Å². The standard InChI is InChI=1S/C15H14Cl2FNO/c1-9-13(18)3-2-4-14(9)19-8-15(20)11-7-10(16)5-6-12(11)17/h2-7,15,19-20H,8H2,1H3. The number of benzene rings is 2. The zero-order valence-electron chi connectivity index (χ0n) is 10.8. The number of hydrogen-bond acceptors (Lipinski definition) is 2. The average molecular weight is 314 g/mol. The predicted molar refractivity (Wildman–Crippen MR) is 81.0 cm³/mol. The Hall–Kier alpha value is -1.29. The van der Waals surface area contributed by atoms with Crippen molar-refractivity contribution in [2.24, 2.45) is 0 Å². The van der Waals surface area contributed by atoms with Gasteiger partial charge in [0.05, 0.1) is 6.10 Å². The number of halogens is 3. The lowest BCUT2D eigenvalue weighted by Gasteiger charge is -2.16. The van der Waals surface area contributed by atoms with Crippen LogP contribution in [0, 0.1) is 12.7 Å². The summed E-state index contributed by atoms with van der Waals surface area (Å²) in [6.07, 6.45) is -0.830. The molecule has 2 nitrogen and oxygen atoms in total. The maximum absolute atomic E-state index is 13.4. The van der Waals surface area contributed by atoms with Crippen LogP contribution in [-0.2, 0) is 0 Å². The van der Waals surface area contributed by atoms with E-state index < -0.39 is 6.10 Å². The van der Waals surface area contributed by atoms with Gasteiger partial charge in [0.1, 0.15) is 5.82 Å². The smallest absolute Gasteiger partial charge is 0.128 e. The molecule has 2 N–H and O–H groups in total. The molecular weight excluding hydrogens is 300 g/mol. The molecule has 0 amide bonds. The van der Waals surface area contributed by atoms with Gasteiger partial charge in [0, 0.05) is 33.4 Å². The lowest BCUT2D eigenvalue weighted by molar-refractivity contribution is 0.191. The first kappa shape index (κ1) is 15.1. The fourth-order valence-corrected chi connectivity index (χ4v) is 2.31. The van der Waals surface area contributed by atoms with Crippen LogP contribution in [0.15, 0.2) is 36.4 Å². The van der Waals surface area contributed by atoms with Crippen LogP contribution in [0.4, 0.5) is 10.1 Å². The Labute approximate surface area is 127 Å². The van der Waals surface area contributed by atoms with E-state index in [1.54, 1.807) is 37.3 Å². The number of aliphatic hydroxyl groups is 1. The molecule has 2 rings (SSSR count). The van der Waals surface area contributed by atoms with Crippen molar-refractivity contribution in [2.45, 2.75) is 13.0 Å². The van der Waals surface area contributed by atoms with E-state index in [1.165, 1.54) is 6.07 Å². The van der Waals surface area contributed by atoms with Gasteiger partial charge in [-0.25, -0.2) is 4.39 Å². The number of nitrogens with one attached hydrogen (secondary N) is 1. The quantitative estimate of drug-likeness (QED) is 0.865. The highest BCUT2D eigenvalue weighted by Gasteiger charge is 2.13. The van der Waals surface area contributed by atoms with Gasteiger partial charge in [-0.1, -0.05) is 29.3 Å². The van der Waals surface area contributed by atoms with Crippen molar-refractivity contribution < 1.29 is 9.50 Å². The van der Waals surface area contributed by atoms with Gasteiger partial charge in [-0.2, -0.15) is 0 Å². The topological polar surface area (TPSA) is 32.3 Å². The van der Waals surface area contributed by atoms with Crippen molar-refractivity contribution in [2.75, 3.05) is 11.9 Å². The third-order valence-electron chi connectivity index (χ3n) is 3.07. The molecule has 0 aromatic heterocycles. The summed E-state index contributed by atoms with van der Waals surface area (Å²) in [5, 5.41) is 14.1. The van der Waals surface area contributed by atoms with Crippen LogP contribution >= 0.6 is 23.2 Å². The summed E-state index contributed by atoms with van der Waals surface area (Å²) in [7, 11) is 0. The second-order valence-corrected chi connectivity index (χ2v) is 5.32. The average Bonchev–Trinajstić information content (AvgIpc) is 2.43. The molecule has 5 heteroatoms. The summed E-state index contributed by atoms with van der Waals surface area (Å²) >= 11 is 11.9. The van der Waals surface area contributed by atoms with E-state index in [9.17, 15) is 9.50 Å². The molecule has 2 aromatic rings. The lowest BCUT2D eigenvalue weighted by Crippen LogP contribution is -2.13. The van der Waals surface area contributed by atoms with E-state index in [0.29, 0.717) is 26.9 Å². The summed E-state index contributed by atoms with van der Waals surface area (Å²) in [5.74, 6) is -0.287. The highest BCUT2D eigenvalue weighted by Crippen LogP contribution is 2.27. The molecule has 0 heterocycles. The highest BCUT2D eigenvalue weighted by molar-refractivity contribution is 6.33. The molecule has 1 unspecified atom stereocenters. The minimum Gasteiger partial charge on any atom is -0.387 e. The summed E-state index contributed by atoms with van der Waals surface area (Å²) in [6, 6.07) is 9.67. The van der Waals surface area contributed by atoms with Gasteiger partial charge < -0.3 is 10.4 Å². The van der Waals surface area contributed by atoms with Crippen molar-refractivity contribution >= 4 is 28.9 Å². The molecule has 106 valence electrons. The van der Waals surface area contributed by atoms with Gasteiger partial charge in [0.25, 0.3) is 0 Å². The third-order valence-corrected chi connectivity index (χ3v) is 3.65. The molecule has 0 radical (unpaired) electrons. The molecule has 0 aliphatic heterocycles. The Morgan fingerprint density at radius 1 is 1.25 bits per heavy atom. The molecule has 20 heavy (non-hydrogen) atoms. The Morgan fingerprint density at radius 2 is 2.00 bits per heavy atom. The fourth-order valence-electron chi connectivity index (χ4n) is 1.89. The van der Waals surface area contributed by atoms with Crippen LogP contribution in [0.1, 0.15) is 17.2 Å². The molecule has 0 bridgehead atoms. The first-order chi connectivity index (χ1) is 9.49. The second-order valence-electron chi connectivity index (χ2n) is 4.47. The van der Waals surface area contributed by atoms with Crippen LogP contribution in [0.5, 0.6) is 0 Å². The van der Waals surface area contributed by atoms with Gasteiger partial charge in [-0.15, -0.1) is 0 Å². The molecule has 0 spiro atoms. The number of rotatable bonds is 4. The summed E-state index contributed by atoms with van der Waals surface area (Å²) < 4.78 is 13.4. The van der Waals surface area contributed by atoms with E-state index in [-0.39, 0.29) is 12.4 Å². The largest absolute Gasteiger partial charge is 0.387 e. The van der Waals surface area contributed by atoms with Gasteiger partial charge >= 0.3 is 0 Å². The van der Waals surface area contributed by atoms with Crippen LogP contribution < -0.4 is 5.32 Å². The molecule has 0 saturated heterocycles. The minimum atomic E-state index is -0.830. The van der Waals surface area contributed by atoms with E-state index >= 15 is 0 Å². The van der Waals surface area contributed by atoms with Gasteiger partial charge in [-0.05, 0) is 37.3 Å². The van der Waals surface area contributed by atoms with Crippen molar-refractivity contribution in [3.8, 4) is 0 Å². The maximum atomic E-state index is 13.4. The summed E-state index contributed by atoms with van der Waals surface area (Å²) in [5.41, 5.74) is 1.69. The van der Waals surface area contributed by atoms with E-state index in [0.717, 1.165) is 0 Å². The molecule has 0 aliphatic carbocycles. The van der Waals surface area contributed by atoms with Crippen LogP contribution in [0.3, 0.4) is 0 Å². The second kappa shape index (κ2) is 6.44. The fraction of sp³-hybridized carbons (Fsp3) is 0.200. The monoisotopic (exact) mass is 313 g/mol. The van der Waals surface area contributed by atoms with Crippen LogP contribution in [0.2, 0.25) is 10.0 Å². The van der Waals surface area contributed by atoms with Gasteiger partial charge in [-0.3, -0.25) is 0 Å². The van der Waals surface area contributed by atoms with Gasteiger partial charge in [0.15, 0.2) is 0 Å². The van der Waals surface area contributed by atoms with Crippen molar-refractivity contribution in [3.63, 3.8) is 0 Å². The van der Waals surface area contributed by atoms with Crippen LogP contribution in [-0.4, -0.2) is 11.7 Å². The zero-order valence-corrected chi connectivity index (χ0v) is 12.3. The minimum absolute atomic E-state index is 0.213. The Bertz CT molecular complexity index is 619. The number of anilines is 1. The van der Waals surface area contributed by atoms with Gasteiger partial charge in [0.2, 0.25) is 0 Å². The predicted octanol–water partition coefficient (Wildman–Crippen LogP) is 4.59. The first-order valence-corrected chi connectivity index (χ1v) is 6.86. The summed E-state index contributed by atoms with van der Waals surface area (Å²) in [4.78, 5) is 0. The highest BCUT2D eigenvalue weighted by atomic mass is 35.5. The zero-order chi connectivity index (χ0) is 14.7. The normalized spacial score (nSPS) is 12.2. The first-order valence-electron chi connectivity index (χ1n) is 6.11. The number of aliphatic hydroxyl groups excluding tert-OH is 1. The molecule has 2 aromatic carbocycles. The Balaban J connectivity index is 2.10. The lowest BCUT2D eigenvalue weighted by atomic mass is 10.1. The van der Waals surface area contributed by atoms with Crippen LogP contribution in [0.25, 0.3) is 0 Å². The number of hydrogen-bond donors (Lipinski definition) is 2. The SMILES string of the molecule is Cc1c(F)cccc1NCC(O)c1cc(Cl)ccc1Cl. The third kappa shape index (κ3) is 3.42. The maximum Gasteiger partial charge on any atom is 0.128 e. The molecular formula is C15H14Cl2FNO. The molecule has 1 atom stereocenters. The van der Waals surface area contributed by atoms with E-state index in [1.807, 2.05) is 0 Å². The van der Waals surface area contributed by atoms with Crippen molar-refractivity contribution in [1.82, 2.24) is 0 Å². The van der Waals surface area contributed by atoms with E-state index in [4.69, 9.17) is 23.2 Å². The van der Waals surface area contributed by atoms with Crippen molar-refractivity contribution in [1.29, 1.82) is 0 Å². The molecule has 0 fully saturated rings. The van der Waals surface area contributed by atoms with Crippen molar-refractivity contribution in [3.05, 3.63) is 63.4 Å².